The van der Waals surface area contributed by atoms with Gasteiger partial charge >= 0.3 is 0 Å². The molecule has 0 aliphatic carbocycles. The van der Waals surface area contributed by atoms with E-state index in [1.54, 1.807) is 7.05 Å². The van der Waals surface area contributed by atoms with E-state index in [0.29, 0.717) is 6.54 Å². The highest BCUT2D eigenvalue weighted by Crippen LogP contribution is 2.31. The van der Waals surface area contributed by atoms with Crippen molar-refractivity contribution in [3.63, 3.8) is 0 Å². The van der Waals surface area contributed by atoms with Crippen LogP contribution in [0.15, 0.2) is 0 Å². The lowest BCUT2D eigenvalue weighted by molar-refractivity contribution is 0.296. The molecule has 0 amide bonds. The van der Waals surface area contributed by atoms with Gasteiger partial charge in [-0.2, -0.15) is 0 Å². The Labute approximate surface area is 213 Å². The fourth-order valence-electron chi connectivity index (χ4n) is 3.04. The standard InChI is InChI=1S/C10H24N2O2Si2.C4H10Cl4Si2.C3H9NO/c1-11-5-7-13-15(11,3)9-10-16(4)12(2)6-8-14-16;1-9(5,6)3-4-10(2,7)8;1-4-2-3-5/h5-10H2,1-4H3;3-4H2,1-2H3;4-5H,2-3H2,1H3. The molecule has 2 heterocycles. The lowest BCUT2D eigenvalue weighted by atomic mass is 10.7. The number of hydrogen-bond donors (Lipinski definition) is 2. The van der Waals surface area contributed by atoms with Crippen LogP contribution in [0, 0.1) is 0 Å². The van der Waals surface area contributed by atoms with Gasteiger partial charge in [-0.15, -0.1) is 44.3 Å². The summed E-state index contributed by atoms with van der Waals surface area (Å²) in [5.41, 5.74) is 0. The van der Waals surface area contributed by atoms with Gasteiger partial charge in [0.1, 0.15) is 0 Å². The molecule has 14 heteroatoms. The Balaban J connectivity index is 0.000000515. The number of rotatable bonds is 8. The summed E-state index contributed by atoms with van der Waals surface area (Å²) in [7, 11) is 3.08. The van der Waals surface area contributed by atoms with Crippen LogP contribution in [-0.4, -0.2) is 105 Å². The van der Waals surface area contributed by atoms with Gasteiger partial charge in [0, 0.05) is 32.8 Å². The molecular formula is C17H43Cl4N3O3Si4. The predicted octanol–water partition coefficient (Wildman–Crippen LogP) is 4.34. The van der Waals surface area contributed by atoms with Gasteiger partial charge in [-0.3, -0.25) is 0 Å². The first-order valence-electron chi connectivity index (χ1n) is 10.8. The highest BCUT2D eigenvalue weighted by molar-refractivity contribution is 7.47. The second-order valence-electron chi connectivity index (χ2n) is 8.86. The summed E-state index contributed by atoms with van der Waals surface area (Å²) >= 11 is 23.4. The van der Waals surface area contributed by atoms with Crippen molar-refractivity contribution in [2.75, 3.05) is 60.6 Å². The molecule has 2 saturated heterocycles. The molecule has 31 heavy (non-hydrogen) atoms. The molecule has 0 saturated carbocycles. The molecule has 2 unspecified atom stereocenters. The minimum Gasteiger partial charge on any atom is -0.402 e. The van der Waals surface area contributed by atoms with Crippen molar-refractivity contribution in [1.29, 1.82) is 0 Å². The van der Waals surface area contributed by atoms with Crippen molar-refractivity contribution in [1.82, 2.24) is 14.4 Å². The summed E-state index contributed by atoms with van der Waals surface area (Å²) in [5.74, 6) is 0. The van der Waals surface area contributed by atoms with Crippen LogP contribution in [0.5, 0.6) is 0 Å². The smallest absolute Gasteiger partial charge is 0.267 e. The normalized spacial score (nSPS) is 27.5. The van der Waals surface area contributed by atoms with Crippen LogP contribution < -0.4 is 5.32 Å². The Morgan fingerprint density at radius 3 is 1.39 bits per heavy atom. The molecule has 0 aromatic heterocycles. The summed E-state index contributed by atoms with van der Waals surface area (Å²) in [5, 5.41) is 10.8. The van der Waals surface area contributed by atoms with Crippen molar-refractivity contribution < 1.29 is 14.0 Å². The monoisotopic (exact) mass is 589 g/mol. The molecule has 2 N–H and O–H groups in total. The molecule has 0 aromatic carbocycles. The lowest BCUT2D eigenvalue weighted by Gasteiger charge is -2.33. The molecule has 0 bridgehead atoms. The predicted molar refractivity (Wildman–Crippen MR) is 147 cm³/mol. The van der Waals surface area contributed by atoms with Gasteiger partial charge in [0.05, 0.1) is 6.61 Å². The summed E-state index contributed by atoms with van der Waals surface area (Å²) in [6.45, 7) is 9.52. The Morgan fingerprint density at radius 2 is 1.23 bits per heavy atom. The molecule has 6 nitrogen and oxygen atoms in total. The topological polar surface area (TPSA) is 57.2 Å². The molecule has 0 aromatic rings. The van der Waals surface area contributed by atoms with E-state index >= 15 is 0 Å². The third-order valence-electron chi connectivity index (χ3n) is 5.71. The van der Waals surface area contributed by atoms with E-state index < -0.39 is 30.3 Å². The van der Waals surface area contributed by atoms with Crippen LogP contribution in [0.2, 0.25) is 50.4 Å². The third kappa shape index (κ3) is 14.7. The molecule has 2 fully saturated rings. The van der Waals surface area contributed by atoms with Crippen LogP contribution in [0.4, 0.5) is 0 Å². The molecular weight excluding hydrogens is 548 g/mol. The maximum Gasteiger partial charge on any atom is 0.267 e. The van der Waals surface area contributed by atoms with E-state index in [1.807, 2.05) is 13.1 Å². The Morgan fingerprint density at radius 1 is 0.871 bits per heavy atom. The van der Waals surface area contributed by atoms with Gasteiger partial charge in [-0.1, -0.05) is 0 Å². The van der Waals surface area contributed by atoms with Crippen LogP contribution in [-0.2, 0) is 8.85 Å². The van der Waals surface area contributed by atoms with Gasteiger partial charge in [0.2, 0.25) is 13.4 Å². The molecule has 188 valence electrons. The Bertz CT molecular complexity index is 464. The molecule has 2 rings (SSSR count). The maximum atomic E-state index is 8.00. The summed E-state index contributed by atoms with van der Waals surface area (Å²) in [6, 6.07) is 4.03. The largest absolute Gasteiger partial charge is 0.402 e. The van der Waals surface area contributed by atoms with Gasteiger partial charge in [-0.05, 0) is 71.5 Å². The fourth-order valence-corrected chi connectivity index (χ4v) is 17.3. The summed E-state index contributed by atoms with van der Waals surface area (Å²) in [4.78, 5) is 0. The number of likely N-dealkylation sites (N-methyl/N-ethyl adjacent to an activating group) is 3. The van der Waals surface area contributed by atoms with E-state index in [-0.39, 0.29) is 6.61 Å². The van der Waals surface area contributed by atoms with Crippen LogP contribution in [0.3, 0.4) is 0 Å². The highest BCUT2D eigenvalue weighted by Gasteiger charge is 2.45. The maximum absolute atomic E-state index is 8.00. The Kier molecular flexibility index (Phi) is 15.9. The first kappa shape index (κ1) is 32.8. The summed E-state index contributed by atoms with van der Waals surface area (Å²) in [6.07, 6.45) is 0. The molecule has 2 atom stereocenters. The second-order valence-corrected chi connectivity index (χ2v) is 33.1. The third-order valence-corrected chi connectivity index (χ3v) is 18.9. The van der Waals surface area contributed by atoms with Crippen molar-refractivity contribution in [2.45, 2.75) is 50.4 Å². The van der Waals surface area contributed by atoms with Crippen molar-refractivity contribution in [3.8, 4) is 0 Å². The van der Waals surface area contributed by atoms with Crippen LogP contribution in [0.1, 0.15) is 0 Å². The average Bonchev–Trinajstić information content (AvgIpc) is 3.15. The van der Waals surface area contributed by atoms with E-state index in [0.717, 1.165) is 38.4 Å². The number of aliphatic hydroxyl groups is 1. The van der Waals surface area contributed by atoms with Crippen molar-refractivity contribution >= 4 is 74.7 Å². The number of nitrogens with zero attached hydrogens (tertiary/aromatic N) is 2. The van der Waals surface area contributed by atoms with Crippen LogP contribution >= 0.6 is 44.3 Å². The second kappa shape index (κ2) is 15.0. The number of halogens is 4. The zero-order valence-corrected chi connectivity index (χ0v) is 27.3. The SMILES string of the molecule is CN1CCO[Si]1(C)CC[Si]1(C)OCCN1C.CNCCO.C[Si](Cl)(Cl)CC[Si](C)(Cl)Cl. The minimum absolute atomic E-state index is 0.233. The molecule has 2 aliphatic heterocycles. The van der Waals surface area contributed by atoms with Crippen molar-refractivity contribution in [2.24, 2.45) is 0 Å². The zero-order chi connectivity index (χ0) is 24.3. The van der Waals surface area contributed by atoms with Gasteiger partial charge < -0.3 is 28.4 Å². The van der Waals surface area contributed by atoms with E-state index in [2.05, 4.69) is 41.6 Å². The van der Waals surface area contributed by atoms with E-state index in [9.17, 15) is 0 Å². The molecule has 0 radical (unpaired) electrons. The van der Waals surface area contributed by atoms with E-state index in [1.165, 1.54) is 12.1 Å². The fraction of sp³-hybridized carbons (Fsp3) is 1.00. The van der Waals surface area contributed by atoms with E-state index in [4.69, 9.17) is 58.3 Å². The Hall–Kier alpha value is 1.79. The molecule has 2 aliphatic rings. The average molecular weight is 592 g/mol. The quantitative estimate of drug-likeness (QED) is 0.324. The first-order valence-corrected chi connectivity index (χ1v) is 25.4. The van der Waals surface area contributed by atoms with Crippen molar-refractivity contribution in [3.05, 3.63) is 0 Å². The number of aliphatic hydroxyl groups excluding tert-OH is 1. The molecule has 0 spiro atoms. The van der Waals surface area contributed by atoms with Gasteiger partial charge in [0.15, 0.2) is 0 Å². The number of hydrogen-bond acceptors (Lipinski definition) is 6. The van der Waals surface area contributed by atoms with Crippen LogP contribution in [0.25, 0.3) is 0 Å². The zero-order valence-electron chi connectivity index (χ0n) is 20.2. The number of nitrogens with one attached hydrogen (secondary N) is 1. The van der Waals surface area contributed by atoms with Gasteiger partial charge in [-0.25, -0.2) is 0 Å². The van der Waals surface area contributed by atoms with Gasteiger partial charge in [0.25, 0.3) is 17.0 Å². The first-order chi connectivity index (χ1) is 14.1. The minimum atomic E-state index is -1.96. The lowest BCUT2D eigenvalue weighted by Crippen LogP contribution is -2.50. The summed E-state index contributed by atoms with van der Waals surface area (Å²) < 4.78 is 16.9. The highest BCUT2D eigenvalue weighted by atomic mass is 35.7.